The normalized spacial score (nSPS) is 17.7. The van der Waals surface area contributed by atoms with E-state index in [2.05, 4.69) is 0 Å². The van der Waals surface area contributed by atoms with Gasteiger partial charge in [-0.3, -0.25) is 0 Å². The number of aliphatic hydroxyl groups is 5. The quantitative estimate of drug-likeness (QED) is 0.271. The average molecular weight is 232 g/mol. The Morgan fingerprint density at radius 3 is 1.67 bits per heavy atom. The zero-order valence-corrected chi connectivity index (χ0v) is 7.61. The maximum Gasteiger partial charge on any atom is 0.335 e. The molecule has 4 atom stereocenters. The van der Waals surface area contributed by atoms with Gasteiger partial charge in [-0.1, -0.05) is 0 Å². The predicted molar refractivity (Wildman–Crippen MR) is 46.0 cm³/mol. The highest BCUT2D eigenvalue weighted by molar-refractivity contribution is 5.72. The molecule has 0 saturated carbocycles. The fourth-order valence-corrected chi connectivity index (χ4v) is 0.668. The minimum atomic E-state index is -2.20. The molecule has 0 aromatic carbocycles. The van der Waals surface area contributed by atoms with Crippen molar-refractivity contribution in [2.75, 3.05) is 6.61 Å². The molecule has 0 aromatic rings. The van der Waals surface area contributed by atoms with Crippen molar-refractivity contribution in [3.8, 4) is 0 Å². The van der Waals surface area contributed by atoms with Gasteiger partial charge in [-0.25, -0.2) is 4.79 Å². The number of rotatable bonds is 5. The van der Waals surface area contributed by atoms with Crippen LogP contribution in [0.2, 0.25) is 0 Å². The van der Waals surface area contributed by atoms with Crippen molar-refractivity contribution in [3.05, 3.63) is 0 Å². The molecule has 0 aliphatic heterocycles. The van der Waals surface area contributed by atoms with Gasteiger partial charge in [0.1, 0.15) is 18.3 Å². The minimum Gasteiger partial charge on any atom is -0.479 e. The summed E-state index contributed by atoms with van der Waals surface area (Å²) < 4.78 is 0. The smallest absolute Gasteiger partial charge is 0.335 e. The van der Waals surface area contributed by atoms with Crippen molar-refractivity contribution in [2.24, 2.45) is 0 Å². The summed E-state index contributed by atoms with van der Waals surface area (Å²) in [5.41, 5.74) is 0. The van der Waals surface area contributed by atoms with Gasteiger partial charge in [-0.05, 0) is 0 Å². The molecule has 0 aliphatic rings. The zero-order chi connectivity index (χ0) is 10.6. The number of aliphatic hydroxyl groups excluding tert-OH is 5. The van der Waals surface area contributed by atoms with E-state index in [1.54, 1.807) is 0 Å². The Bertz CT molecular complexity index is 172. The Balaban J connectivity index is -0.000000720. The van der Waals surface area contributed by atoms with E-state index in [4.69, 9.17) is 30.6 Å². The Hall–Kier alpha value is -0.810. The number of carboxylic acid groups (broad SMARTS) is 1. The molecule has 0 bridgehead atoms. The van der Waals surface area contributed by atoms with Gasteiger partial charge in [-0.15, -0.1) is 0 Å². The van der Waals surface area contributed by atoms with Gasteiger partial charge in [0.25, 0.3) is 0 Å². The molecule has 9 nitrogen and oxygen atoms in total. The number of carboxylic acids is 1. The molecule has 0 saturated heterocycles. The topological polar surface area (TPSA) is 201 Å². The van der Waals surface area contributed by atoms with Gasteiger partial charge in [0.15, 0.2) is 6.10 Å². The maximum atomic E-state index is 10.1. The van der Waals surface area contributed by atoms with Crippen LogP contribution in [0.4, 0.5) is 0 Å². The monoisotopic (exact) mass is 232 g/mol. The van der Waals surface area contributed by atoms with Crippen molar-refractivity contribution in [2.45, 2.75) is 24.4 Å². The molecule has 0 amide bonds. The van der Waals surface area contributed by atoms with Crippen LogP contribution in [0.5, 0.6) is 0 Å². The molecule has 0 radical (unpaired) electrons. The molecule has 9 heteroatoms. The van der Waals surface area contributed by atoms with E-state index in [0.29, 0.717) is 0 Å². The van der Waals surface area contributed by atoms with Crippen LogP contribution in [0.15, 0.2) is 0 Å². The van der Waals surface area contributed by atoms with Gasteiger partial charge in [0.05, 0.1) is 6.61 Å². The Labute approximate surface area is 84.5 Å². The second-order valence-electron chi connectivity index (χ2n) is 2.51. The Morgan fingerprint density at radius 2 is 1.40 bits per heavy atom. The molecule has 0 rings (SSSR count). The third-order valence-corrected chi connectivity index (χ3v) is 1.51. The van der Waals surface area contributed by atoms with Crippen LogP contribution in [0, 0.1) is 0 Å². The van der Waals surface area contributed by atoms with E-state index in [-0.39, 0.29) is 11.0 Å². The lowest BCUT2D eigenvalue weighted by Crippen LogP contribution is -2.48. The average Bonchev–Trinajstić information content (AvgIpc) is 2.12. The van der Waals surface area contributed by atoms with Crippen LogP contribution in [-0.4, -0.2) is 78.6 Å². The lowest BCUT2D eigenvalue weighted by molar-refractivity contribution is -0.164. The van der Waals surface area contributed by atoms with Crippen molar-refractivity contribution in [3.63, 3.8) is 0 Å². The highest BCUT2D eigenvalue weighted by Crippen LogP contribution is 2.04. The zero-order valence-electron chi connectivity index (χ0n) is 7.61. The number of hydrogen-bond donors (Lipinski definition) is 6. The van der Waals surface area contributed by atoms with Crippen LogP contribution in [0.25, 0.3) is 0 Å². The van der Waals surface area contributed by atoms with Gasteiger partial charge in [0.2, 0.25) is 0 Å². The van der Waals surface area contributed by atoms with E-state index < -0.39 is 37.0 Å². The highest BCUT2D eigenvalue weighted by atomic mass is 16.4. The van der Waals surface area contributed by atoms with Gasteiger partial charge in [0, 0.05) is 0 Å². The van der Waals surface area contributed by atoms with Crippen LogP contribution in [0.1, 0.15) is 0 Å². The first-order valence-corrected chi connectivity index (χ1v) is 3.47. The number of aliphatic carboxylic acids is 1. The largest absolute Gasteiger partial charge is 0.479 e. The third kappa shape index (κ3) is 5.59. The SMILES string of the molecule is O.O.O=C(O)[C@H](O)[C@H](O)[C@@H](O)[C@H](O)CO. The standard InChI is InChI=1S/C6H12O7.2H2O/c7-1-2(8)3(9)4(10)5(11)6(12)13;;/h2-5,7-11H,1H2,(H,12,13);2*1H2/t2-,3+,4-,5-;;/m1../s1. The third-order valence-electron chi connectivity index (χ3n) is 1.51. The van der Waals surface area contributed by atoms with Gasteiger partial charge < -0.3 is 41.6 Å². The molecule has 0 unspecified atom stereocenters. The fourth-order valence-electron chi connectivity index (χ4n) is 0.668. The fraction of sp³-hybridized carbons (Fsp3) is 0.833. The Morgan fingerprint density at radius 1 is 1.00 bits per heavy atom. The summed E-state index contributed by atoms with van der Waals surface area (Å²) in [6, 6.07) is 0. The molecular weight excluding hydrogens is 216 g/mol. The van der Waals surface area contributed by atoms with Crippen molar-refractivity contribution >= 4 is 5.97 Å². The molecule has 0 heterocycles. The Kier molecular flexibility index (Phi) is 11.2. The molecule has 15 heavy (non-hydrogen) atoms. The summed E-state index contributed by atoms with van der Waals surface area (Å²) in [6.45, 7) is -0.843. The van der Waals surface area contributed by atoms with E-state index in [1.165, 1.54) is 0 Å². The molecule has 0 fully saturated rings. The van der Waals surface area contributed by atoms with Gasteiger partial charge in [-0.2, -0.15) is 0 Å². The molecular formula is C6H16O9. The van der Waals surface area contributed by atoms with E-state index >= 15 is 0 Å². The van der Waals surface area contributed by atoms with Crippen LogP contribution >= 0.6 is 0 Å². The summed E-state index contributed by atoms with van der Waals surface area (Å²) in [4.78, 5) is 10.1. The van der Waals surface area contributed by atoms with Crippen molar-refractivity contribution in [1.82, 2.24) is 0 Å². The second-order valence-corrected chi connectivity index (χ2v) is 2.51. The minimum absolute atomic E-state index is 0. The van der Waals surface area contributed by atoms with Gasteiger partial charge >= 0.3 is 5.97 Å². The van der Waals surface area contributed by atoms with E-state index in [1.807, 2.05) is 0 Å². The molecule has 94 valence electrons. The maximum absolute atomic E-state index is 10.1. The molecule has 0 aliphatic carbocycles. The van der Waals surface area contributed by atoms with E-state index in [9.17, 15) is 4.79 Å². The molecule has 10 N–H and O–H groups in total. The lowest BCUT2D eigenvalue weighted by Gasteiger charge is -2.23. The predicted octanol–water partition coefficient (Wildman–Crippen LogP) is -5.14. The van der Waals surface area contributed by atoms with Crippen molar-refractivity contribution < 1.29 is 46.4 Å². The van der Waals surface area contributed by atoms with E-state index in [0.717, 1.165) is 0 Å². The summed E-state index contributed by atoms with van der Waals surface area (Å²) >= 11 is 0. The summed E-state index contributed by atoms with van der Waals surface area (Å²) in [5, 5.41) is 51.8. The summed E-state index contributed by atoms with van der Waals surface area (Å²) in [5.74, 6) is -1.73. The molecule has 0 spiro atoms. The first-order chi connectivity index (χ1) is 5.91. The number of carbonyl (C=O) groups is 1. The highest BCUT2D eigenvalue weighted by Gasteiger charge is 2.33. The lowest BCUT2D eigenvalue weighted by atomic mass is 10.0. The van der Waals surface area contributed by atoms with Crippen molar-refractivity contribution in [1.29, 1.82) is 0 Å². The number of hydrogen-bond acceptors (Lipinski definition) is 6. The van der Waals surface area contributed by atoms with Crippen LogP contribution in [-0.2, 0) is 4.79 Å². The first-order valence-electron chi connectivity index (χ1n) is 3.47. The molecule has 0 aromatic heterocycles. The first kappa shape index (κ1) is 19.7. The summed E-state index contributed by atoms with van der Waals surface area (Å²) in [7, 11) is 0. The van der Waals surface area contributed by atoms with Crippen LogP contribution in [0.3, 0.4) is 0 Å². The van der Waals surface area contributed by atoms with Crippen LogP contribution < -0.4 is 0 Å². The second kappa shape index (κ2) is 8.49. The summed E-state index contributed by atoms with van der Waals surface area (Å²) in [6.07, 6.45) is -7.84.